The number of nitrogens with one attached hydrogen (secondary N) is 1. The van der Waals surface area contributed by atoms with Gasteiger partial charge in [-0.15, -0.1) is 0 Å². The van der Waals surface area contributed by atoms with Gasteiger partial charge >= 0.3 is 5.97 Å². The van der Waals surface area contributed by atoms with Crippen molar-refractivity contribution in [2.24, 2.45) is 0 Å². The molecule has 2 aliphatic rings. The van der Waals surface area contributed by atoms with Crippen LogP contribution in [-0.4, -0.2) is 33.4 Å². The zero-order valence-electron chi connectivity index (χ0n) is 22.0. The van der Waals surface area contributed by atoms with Gasteiger partial charge in [0.1, 0.15) is 25.1 Å². The lowest BCUT2D eigenvalue weighted by Gasteiger charge is -2.30. The summed E-state index contributed by atoms with van der Waals surface area (Å²) >= 11 is 3.71. The van der Waals surface area contributed by atoms with Crippen LogP contribution in [0.1, 0.15) is 68.7 Å². The molecule has 1 unspecified atom stereocenters. The number of allylic oxidation sites excluding steroid dienone is 1. The molecule has 1 atom stereocenters. The number of esters is 1. The van der Waals surface area contributed by atoms with Crippen molar-refractivity contribution in [3.05, 3.63) is 75.2 Å². The summed E-state index contributed by atoms with van der Waals surface area (Å²) < 4.78 is 20.7. The van der Waals surface area contributed by atoms with Gasteiger partial charge in [0, 0.05) is 5.70 Å². The molecule has 38 heavy (non-hydrogen) atoms. The molecule has 0 radical (unpaired) electrons. The molecule has 5 rings (SSSR count). The van der Waals surface area contributed by atoms with E-state index < -0.39 is 6.04 Å². The molecule has 3 aromatic rings. The van der Waals surface area contributed by atoms with Gasteiger partial charge in [-0.1, -0.05) is 36.2 Å². The molecule has 0 amide bonds. The van der Waals surface area contributed by atoms with Crippen LogP contribution in [0.5, 0.6) is 11.5 Å². The van der Waals surface area contributed by atoms with Gasteiger partial charge in [-0.25, -0.2) is 9.48 Å². The lowest BCUT2D eigenvalue weighted by Crippen LogP contribution is -2.32. The van der Waals surface area contributed by atoms with Crippen molar-refractivity contribution in [2.45, 2.75) is 71.6 Å². The predicted octanol–water partition coefficient (Wildman–Crippen LogP) is 6.49. The highest BCUT2D eigenvalue weighted by atomic mass is 79.9. The fraction of sp³-hybridized carbons (Fsp3) is 0.414. The zero-order valence-corrected chi connectivity index (χ0v) is 23.6. The van der Waals surface area contributed by atoms with Crippen molar-refractivity contribution in [1.29, 1.82) is 0 Å². The minimum absolute atomic E-state index is 0.0579. The molecule has 1 aliphatic carbocycles. The Labute approximate surface area is 231 Å². The van der Waals surface area contributed by atoms with Gasteiger partial charge < -0.3 is 19.5 Å². The van der Waals surface area contributed by atoms with E-state index in [0.29, 0.717) is 41.9 Å². The predicted molar refractivity (Wildman–Crippen MR) is 148 cm³/mol. The Kier molecular flexibility index (Phi) is 8.02. The highest BCUT2D eigenvalue weighted by Crippen LogP contribution is 2.43. The number of hydrogen-bond donors (Lipinski definition) is 1. The first-order valence-corrected chi connectivity index (χ1v) is 14.0. The minimum atomic E-state index is -0.536. The molecule has 2 aromatic carbocycles. The summed E-state index contributed by atoms with van der Waals surface area (Å²) in [6.07, 6.45) is 6.58. The summed E-state index contributed by atoms with van der Waals surface area (Å²) in [6, 6.07) is 11.6. The van der Waals surface area contributed by atoms with E-state index in [2.05, 4.69) is 50.4 Å². The summed E-state index contributed by atoms with van der Waals surface area (Å²) in [5, 5.41) is 7.67. The van der Waals surface area contributed by atoms with E-state index >= 15 is 0 Å². The number of aromatic nitrogens is 3. The standard InChI is InChI=1S/C29H33BrN4O4/c1-4-36-24-15-21(14-23(30)27(24)37-16-20-10-8-9-18(2)13-20)26-25(19(3)33-29-31-17-32-34(26)29)28(35)38-22-11-6-5-7-12-22/h8-10,13-15,17,22,26H,4-7,11-12,16H2,1-3H3,(H,31,32,33). The highest BCUT2D eigenvalue weighted by molar-refractivity contribution is 9.10. The third-order valence-electron chi connectivity index (χ3n) is 6.95. The Morgan fingerprint density at radius 3 is 2.71 bits per heavy atom. The van der Waals surface area contributed by atoms with Crippen LogP contribution in [0.2, 0.25) is 0 Å². The lowest BCUT2D eigenvalue weighted by molar-refractivity contribution is -0.146. The van der Waals surface area contributed by atoms with Crippen LogP contribution >= 0.6 is 15.9 Å². The molecule has 1 fully saturated rings. The fourth-order valence-electron chi connectivity index (χ4n) is 5.17. The Morgan fingerprint density at radius 2 is 1.95 bits per heavy atom. The Morgan fingerprint density at radius 1 is 1.13 bits per heavy atom. The van der Waals surface area contributed by atoms with E-state index in [1.54, 1.807) is 4.68 Å². The first-order valence-electron chi connectivity index (χ1n) is 13.2. The number of ether oxygens (including phenoxy) is 3. The monoisotopic (exact) mass is 580 g/mol. The molecule has 0 bridgehead atoms. The third-order valence-corrected chi connectivity index (χ3v) is 7.54. The van der Waals surface area contributed by atoms with Gasteiger partial charge in [0.25, 0.3) is 0 Å². The molecule has 1 aliphatic heterocycles. The second-order valence-corrected chi connectivity index (χ2v) is 10.7. The van der Waals surface area contributed by atoms with Crippen molar-refractivity contribution in [1.82, 2.24) is 14.8 Å². The number of rotatable bonds is 8. The second kappa shape index (κ2) is 11.6. The number of aryl methyl sites for hydroxylation is 1. The van der Waals surface area contributed by atoms with Gasteiger partial charge in [0.2, 0.25) is 5.95 Å². The molecular weight excluding hydrogens is 548 g/mol. The first-order chi connectivity index (χ1) is 18.4. The summed E-state index contributed by atoms with van der Waals surface area (Å²) in [5.41, 5.74) is 4.27. The quantitative estimate of drug-likeness (QED) is 0.304. The van der Waals surface area contributed by atoms with E-state index in [0.717, 1.165) is 41.3 Å². The molecule has 1 aromatic heterocycles. The maximum Gasteiger partial charge on any atom is 0.338 e. The molecule has 0 saturated heterocycles. The van der Waals surface area contributed by atoms with Crippen LogP contribution in [0.3, 0.4) is 0 Å². The lowest BCUT2D eigenvalue weighted by atomic mass is 9.94. The zero-order chi connectivity index (χ0) is 26.6. The Hall–Kier alpha value is -3.33. The number of nitrogens with zero attached hydrogens (tertiary/aromatic N) is 3. The fourth-order valence-corrected chi connectivity index (χ4v) is 5.74. The van der Waals surface area contributed by atoms with Crippen molar-refractivity contribution in [3.8, 4) is 11.5 Å². The normalized spacial score (nSPS) is 17.5. The van der Waals surface area contributed by atoms with Crippen molar-refractivity contribution < 1.29 is 19.0 Å². The van der Waals surface area contributed by atoms with Crippen LogP contribution in [0.25, 0.3) is 0 Å². The molecule has 2 heterocycles. The van der Waals surface area contributed by atoms with Gasteiger partial charge in [-0.05, 0) is 85.6 Å². The smallest absolute Gasteiger partial charge is 0.338 e. The molecule has 9 heteroatoms. The molecule has 1 N–H and O–H groups in total. The van der Waals surface area contributed by atoms with E-state index in [1.807, 2.05) is 38.1 Å². The van der Waals surface area contributed by atoms with E-state index in [4.69, 9.17) is 14.2 Å². The SMILES string of the molecule is CCOc1cc(C2C(C(=O)OC3CCCCC3)=C(C)Nc3ncnn32)cc(Br)c1OCc1cccc(C)c1. The van der Waals surface area contributed by atoms with E-state index in [-0.39, 0.29) is 12.1 Å². The second-order valence-electron chi connectivity index (χ2n) is 9.80. The average Bonchev–Trinajstić information content (AvgIpc) is 3.36. The largest absolute Gasteiger partial charge is 0.490 e. The van der Waals surface area contributed by atoms with Crippen molar-refractivity contribution in [2.75, 3.05) is 11.9 Å². The van der Waals surface area contributed by atoms with Gasteiger partial charge in [0.15, 0.2) is 11.5 Å². The number of hydrogen-bond acceptors (Lipinski definition) is 7. The maximum atomic E-state index is 13.6. The third kappa shape index (κ3) is 5.57. The van der Waals surface area contributed by atoms with Crippen LogP contribution in [0.4, 0.5) is 5.95 Å². The minimum Gasteiger partial charge on any atom is -0.490 e. The highest BCUT2D eigenvalue weighted by Gasteiger charge is 2.36. The Balaban J connectivity index is 1.50. The van der Waals surface area contributed by atoms with Gasteiger partial charge in [-0.3, -0.25) is 0 Å². The van der Waals surface area contributed by atoms with Crippen LogP contribution < -0.4 is 14.8 Å². The summed E-state index contributed by atoms with van der Waals surface area (Å²) in [7, 11) is 0. The first kappa shape index (κ1) is 26.3. The van der Waals surface area contributed by atoms with Crippen LogP contribution in [0, 0.1) is 6.92 Å². The number of benzene rings is 2. The number of anilines is 1. The number of carbonyl (C=O) groups excluding carboxylic acids is 1. The number of carbonyl (C=O) groups is 1. The van der Waals surface area contributed by atoms with Gasteiger partial charge in [-0.2, -0.15) is 10.1 Å². The van der Waals surface area contributed by atoms with E-state index in [9.17, 15) is 4.79 Å². The Bertz CT molecular complexity index is 1350. The van der Waals surface area contributed by atoms with Crippen LogP contribution in [-0.2, 0) is 16.1 Å². The topological polar surface area (TPSA) is 87.5 Å². The molecule has 0 spiro atoms. The number of halogens is 1. The van der Waals surface area contributed by atoms with Crippen molar-refractivity contribution >= 4 is 27.8 Å². The summed E-state index contributed by atoms with van der Waals surface area (Å²) in [5.74, 6) is 1.43. The molecule has 8 nitrogen and oxygen atoms in total. The van der Waals surface area contributed by atoms with Crippen molar-refractivity contribution in [3.63, 3.8) is 0 Å². The average molecular weight is 582 g/mol. The van der Waals surface area contributed by atoms with Crippen LogP contribution in [0.15, 0.2) is 58.5 Å². The number of fused-ring (bicyclic) bond motifs is 1. The molecular formula is C29H33BrN4O4. The molecule has 1 saturated carbocycles. The molecule has 200 valence electrons. The van der Waals surface area contributed by atoms with Gasteiger partial charge in [0.05, 0.1) is 16.7 Å². The summed E-state index contributed by atoms with van der Waals surface area (Å²) in [6.45, 7) is 6.73. The van der Waals surface area contributed by atoms with E-state index in [1.165, 1.54) is 18.3 Å². The summed E-state index contributed by atoms with van der Waals surface area (Å²) in [4.78, 5) is 17.9. The maximum absolute atomic E-state index is 13.6.